The molecule has 1 aromatic heterocycles. The van der Waals surface area contributed by atoms with Crippen molar-refractivity contribution in [3.8, 4) is 0 Å². The van der Waals surface area contributed by atoms with Crippen LogP contribution >= 0.6 is 0 Å². The first-order valence-corrected chi connectivity index (χ1v) is 6.10. The van der Waals surface area contributed by atoms with E-state index in [2.05, 4.69) is 10.3 Å². The van der Waals surface area contributed by atoms with Gasteiger partial charge in [-0.05, 0) is 30.2 Å². The number of aliphatic hydroxyl groups is 1. The van der Waals surface area contributed by atoms with Gasteiger partial charge in [0.05, 0.1) is 12.6 Å². The van der Waals surface area contributed by atoms with Crippen molar-refractivity contribution in [1.82, 2.24) is 10.3 Å². The molecule has 1 atom stereocenters. The predicted octanol–water partition coefficient (Wildman–Crippen LogP) is 1.91. The largest absolute Gasteiger partial charge is 0.394 e. The lowest BCUT2D eigenvalue weighted by molar-refractivity contribution is 0.0897. The second kappa shape index (κ2) is 5.23. The van der Waals surface area contributed by atoms with Crippen LogP contribution in [0.1, 0.15) is 24.2 Å². The molecule has 1 heterocycles. The van der Waals surface area contributed by atoms with Crippen LogP contribution in [0.2, 0.25) is 0 Å². The van der Waals surface area contributed by atoms with Crippen LogP contribution in [0.25, 0.3) is 10.9 Å². The molecule has 0 aliphatic carbocycles. The van der Waals surface area contributed by atoms with Gasteiger partial charge in [-0.3, -0.25) is 4.79 Å². The van der Waals surface area contributed by atoms with Gasteiger partial charge in [-0.2, -0.15) is 0 Å². The lowest BCUT2D eigenvalue weighted by Crippen LogP contribution is -2.41. The van der Waals surface area contributed by atoms with E-state index in [0.29, 0.717) is 5.56 Å². The van der Waals surface area contributed by atoms with Gasteiger partial charge < -0.3 is 15.4 Å². The van der Waals surface area contributed by atoms with E-state index in [1.165, 1.54) is 0 Å². The molecule has 18 heavy (non-hydrogen) atoms. The van der Waals surface area contributed by atoms with Crippen molar-refractivity contribution in [3.05, 3.63) is 36.0 Å². The highest BCUT2D eigenvalue weighted by Crippen LogP contribution is 2.14. The van der Waals surface area contributed by atoms with Crippen molar-refractivity contribution in [2.75, 3.05) is 6.61 Å². The van der Waals surface area contributed by atoms with Crippen LogP contribution < -0.4 is 5.32 Å². The van der Waals surface area contributed by atoms with Crippen molar-refractivity contribution < 1.29 is 9.90 Å². The summed E-state index contributed by atoms with van der Waals surface area (Å²) in [6.45, 7) is 3.89. The number of fused-ring (bicyclic) bond motifs is 1. The Hall–Kier alpha value is -1.81. The molecule has 0 spiro atoms. The van der Waals surface area contributed by atoms with E-state index in [9.17, 15) is 9.90 Å². The third-order valence-corrected chi connectivity index (χ3v) is 3.13. The van der Waals surface area contributed by atoms with Crippen molar-refractivity contribution in [3.63, 3.8) is 0 Å². The predicted molar refractivity (Wildman–Crippen MR) is 71.5 cm³/mol. The number of nitrogens with one attached hydrogen (secondary N) is 2. The van der Waals surface area contributed by atoms with Gasteiger partial charge in [-0.25, -0.2) is 0 Å². The Kier molecular flexibility index (Phi) is 3.67. The third-order valence-electron chi connectivity index (χ3n) is 3.13. The second-order valence-corrected chi connectivity index (χ2v) is 4.79. The summed E-state index contributed by atoms with van der Waals surface area (Å²) in [5, 5.41) is 13.1. The Morgan fingerprint density at radius 2 is 2.17 bits per heavy atom. The molecule has 0 fully saturated rings. The Bertz CT molecular complexity index is 545. The Balaban J connectivity index is 2.17. The van der Waals surface area contributed by atoms with Gasteiger partial charge in [0.25, 0.3) is 5.91 Å². The van der Waals surface area contributed by atoms with Gasteiger partial charge in [0.1, 0.15) is 0 Å². The molecule has 4 nitrogen and oxygen atoms in total. The minimum absolute atomic E-state index is 0.0458. The number of H-pyrrole nitrogens is 1. The van der Waals surface area contributed by atoms with Crippen LogP contribution in [0.5, 0.6) is 0 Å². The number of aromatic nitrogens is 1. The summed E-state index contributed by atoms with van der Waals surface area (Å²) in [6.07, 6.45) is 1.84. The average molecular weight is 246 g/mol. The minimum atomic E-state index is -0.209. The summed E-state index contributed by atoms with van der Waals surface area (Å²) < 4.78 is 0. The van der Waals surface area contributed by atoms with Crippen molar-refractivity contribution in [2.45, 2.75) is 19.9 Å². The van der Waals surface area contributed by atoms with Crippen LogP contribution in [0.3, 0.4) is 0 Å². The summed E-state index contributed by atoms with van der Waals surface area (Å²) in [5.74, 6) is 0.0563. The first-order valence-electron chi connectivity index (χ1n) is 6.10. The molecular weight excluding hydrogens is 228 g/mol. The van der Waals surface area contributed by atoms with Crippen LogP contribution in [-0.2, 0) is 0 Å². The molecule has 3 N–H and O–H groups in total. The van der Waals surface area contributed by atoms with E-state index in [0.717, 1.165) is 10.9 Å². The number of aromatic amines is 1. The van der Waals surface area contributed by atoms with Gasteiger partial charge >= 0.3 is 0 Å². The number of amides is 1. The normalized spacial score (nSPS) is 12.9. The van der Waals surface area contributed by atoms with Gasteiger partial charge in [0.2, 0.25) is 0 Å². The zero-order valence-electron chi connectivity index (χ0n) is 10.6. The first-order chi connectivity index (χ1) is 8.61. The van der Waals surface area contributed by atoms with Crippen LogP contribution in [0.15, 0.2) is 30.5 Å². The number of hydrogen-bond acceptors (Lipinski definition) is 2. The maximum atomic E-state index is 12.1. The van der Waals surface area contributed by atoms with Crippen LogP contribution in [0, 0.1) is 5.92 Å². The van der Waals surface area contributed by atoms with Crippen LogP contribution in [-0.4, -0.2) is 28.6 Å². The first kappa shape index (κ1) is 12.6. The standard InChI is InChI=1S/C14H18N2O2/c1-9(2)13(8-17)16-14(18)11-3-4-12-10(7-11)5-6-15-12/h3-7,9,13,15,17H,8H2,1-2H3,(H,16,18)/t13-/m1/s1. The number of carbonyl (C=O) groups is 1. The molecule has 0 saturated heterocycles. The fraction of sp³-hybridized carbons (Fsp3) is 0.357. The maximum Gasteiger partial charge on any atom is 0.251 e. The molecule has 1 aromatic carbocycles. The number of hydrogen-bond donors (Lipinski definition) is 3. The number of carbonyl (C=O) groups excluding carboxylic acids is 1. The maximum absolute atomic E-state index is 12.1. The Labute approximate surface area is 106 Å². The molecule has 1 amide bonds. The molecule has 0 aliphatic rings. The van der Waals surface area contributed by atoms with Crippen molar-refractivity contribution in [1.29, 1.82) is 0 Å². The number of aliphatic hydroxyl groups excluding tert-OH is 1. The zero-order chi connectivity index (χ0) is 13.1. The molecule has 0 bridgehead atoms. The highest BCUT2D eigenvalue weighted by Gasteiger charge is 2.16. The average Bonchev–Trinajstić information content (AvgIpc) is 2.82. The van der Waals surface area contributed by atoms with Gasteiger partial charge in [0.15, 0.2) is 0 Å². The molecule has 0 radical (unpaired) electrons. The van der Waals surface area contributed by atoms with Crippen LogP contribution in [0.4, 0.5) is 0 Å². The molecule has 96 valence electrons. The fourth-order valence-corrected chi connectivity index (χ4v) is 1.87. The van der Waals surface area contributed by atoms with E-state index < -0.39 is 0 Å². The highest BCUT2D eigenvalue weighted by atomic mass is 16.3. The molecule has 0 aliphatic heterocycles. The smallest absolute Gasteiger partial charge is 0.251 e. The van der Waals surface area contributed by atoms with E-state index in [4.69, 9.17) is 0 Å². The molecule has 0 unspecified atom stereocenters. The number of rotatable bonds is 4. The quantitative estimate of drug-likeness (QED) is 0.771. The third kappa shape index (κ3) is 2.54. The van der Waals surface area contributed by atoms with E-state index in [1.54, 1.807) is 6.07 Å². The SMILES string of the molecule is CC(C)[C@@H](CO)NC(=O)c1ccc2[nH]ccc2c1. The lowest BCUT2D eigenvalue weighted by Gasteiger charge is -2.19. The topological polar surface area (TPSA) is 65.1 Å². The van der Waals surface area contributed by atoms with Gasteiger partial charge in [-0.15, -0.1) is 0 Å². The Morgan fingerprint density at radius 1 is 1.39 bits per heavy atom. The summed E-state index contributed by atoms with van der Waals surface area (Å²) in [5.41, 5.74) is 1.62. The summed E-state index contributed by atoms with van der Waals surface area (Å²) >= 11 is 0. The monoisotopic (exact) mass is 246 g/mol. The zero-order valence-corrected chi connectivity index (χ0v) is 10.6. The lowest BCUT2D eigenvalue weighted by atomic mass is 10.0. The fourth-order valence-electron chi connectivity index (χ4n) is 1.87. The van der Waals surface area contributed by atoms with E-state index in [-0.39, 0.29) is 24.5 Å². The molecule has 2 rings (SSSR count). The van der Waals surface area contributed by atoms with Gasteiger partial charge in [-0.1, -0.05) is 13.8 Å². The number of benzene rings is 1. The van der Waals surface area contributed by atoms with Crippen molar-refractivity contribution in [2.24, 2.45) is 5.92 Å². The molecule has 4 heteroatoms. The second-order valence-electron chi connectivity index (χ2n) is 4.79. The summed E-state index contributed by atoms with van der Waals surface area (Å²) in [4.78, 5) is 15.1. The highest BCUT2D eigenvalue weighted by molar-refractivity contribution is 5.98. The molecule has 2 aromatic rings. The Morgan fingerprint density at radius 3 is 2.83 bits per heavy atom. The van der Waals surface area contributed by atoms with Crippen molar-refractivity contribution >= 4 is 16.8 Å². The minimum Gasteiger partial charge on any atom is -0.394 e. The van der Waals surface area contributed by atoms with Gasteiger partial charge in [0, 0.05) is 22.7 Å². The molecule has 0 saturated carbocycles. The summed E-state index contributed by atoms with van der Waals surface area (Å²) in [7, 11) is 0. The summed E-state index contributed by atoms with van der Waals surface area (Å²) in [6, 6.07) is 7.23. The van der Waals surface area contributed by atoms with E-state index in [1.807, 2.05) is 38.2 Å². The molecular formula is C14H18N2O2. The van der Waals surface area contributed by atoms with E-state index >= 15 is 0 Å².